The normalized spacial score (nSPS) is 26.0. The number of hydrogen-bond donors (Lipinski definition) is 2. The highest BCUT2D eigenvalue weighted by molar-refractivity contribution is 5.80. The van der Waals surface area contributed by atoms with Gasteiger partial charge in [-0.3, -0.25) is 10.0 Å². The largest absolute Gasteiger partial charge is 0.381 e. The Balaban J connectivity index is 1.63. The summed E-state index contributed by atoms with van der Waals surface area (Å²) in [6, 6.07) is 0. The molecule has 0 aliphatic carbocycles. The number of unbranched alkanes of at least 4 members (excludes halogenated alkanes) is 4. The molecule has 2 saturated heterocycles. The SMILES string of the molecule is CCCCCCOCCCC[C@@H]1[C@H](C/C=C\CCC(C)(C)C(=O)NO)[C@@H]2CC[C@H]1O2. The van der Waals surface area contributed by atoms with Crippen LogP contribution in [0.2, 0.25) is 0 Å². The average molecular weight is 424 g/mol. The van der Waals surface area contributed by atoms with Crippen molar-refractivity contribution in [2.45, 2.75) is 110 Å². The Labute approximate surface area is 183 Å². The van der Waals surface area contributed by atoms with E-state index in [2.05, 4.69) is 19.1 Å². The number of amides is 1. The highest BCUT2D eigenvalue weighted by Gasteiger charge is 2.47. The zero-order chi connectivity index (χ0) is 21.8. The highest BCUT2D eigenvalue weighted by atomic mass is 16.5. The Bertz CT molecular complexity index is 519. The molecule has 0 saturated carbocycles. The Morgan fingerprint density at radius 1 is 1.07 bits per heavy atom. The van der Waals surface area contributed by atoms with Crippen LogP contribution in [0.1, 0.15) is 97.8 Å². The van der Waals surface area contributed by atoms with Crippen LogP contribution in [0.15, 0.2) is 12.2 Å². The summed E-state index contributed by atoms with van der Waals surface area (Å²) in [6.45, 7) is 7.78. The van der Waals surface area contributed by atoms with Gasteiger partial charge in [-0.2, -0.15) is 0 Å². The van der Waals surface area contributed by atoms with Crippen LogP contribution in [0.4, 0.5) is 0 Å². The monoisotopic (exact) mass is 423 g/mol. The molecule has 0 aromatic rings. The van der Waals surface area contributed by atoms with Gasteiger partial charge in [0.05, 0.1) is 12.2 Å². The van der Waals surface area contributed by atoms with Crippen molar-refractivity contribution in [1.82, 2.24) is 5.48 Å². The topological polar surface area (TPSA) is 67.8 Å². The van der Waals surface area contributed by atoms with Crippen LogP contribution in [0.5, 0.6) is 0 Å². The number of carbonyl (C=O) groups excluding carboxylic acids is 1. The molecule has 0 radical (unpaired) electrons. The zero-order valence-electron chi connectivity index (χ0n) is 19.5. The maximum absolute atomic E-state index is 11.7. The second-order valence-electron chi connectivity index (χ2n) is 9.86. The fraction of sp³-hybridized carbons (Fsp3) is 0.880. The Kier molecular flexibility index (Phi) is 11.4. The molecular formula is C25H45NO4. The molecule has 1 amide bonds. The van der Waals surface area contributed by atoms with E-state index in [1.54, 1.807) is 5.48 Å². The van der Waals surface area contributed by atoms with Crippen molar-refractivity contribution in [2.24, 2.45) is 17.3 Å². The van der Waals surface area contributed by atoms with E-state index < -0.39 is 5.41 Å². The van der Waals surface area contributed by atoms with E-state index in [9.17, 15) is 4.79 Å². The standard InChI is InChI=1S/C25H45NO4/c1-4-5-6-11-18-29-19-12-9-14-21-20(22-15-16-23(21)30-22)13-8-7-10-17-25(2,3)24(27)26-28/h7-8,20-23,28H,4-6,9-19H2,1-3H3,(H,26,27)/b8-7-/t20-,21+,22-,23+/m0/s1. The first kappa shape index (κ1) is 25.4. The molecule has 2 N–H and O–H groups in total. The number of nitrogens with one attached hydrogen (secondary N) is 1. The van der Waals surface area contributed by atoms with E-state index in [1.165, 1.54) is 51.4 Å². The van der Waals surface area contributed by atoms with E-state index in [0.29, 0.717) is 24.0 Å². The van der Waals surface area contributed by atoms with Crippen molar-refractivity contribution in [3.8, 4) is 0 Å². The van der Waals surface area contributed by atoms with Crippen molar-refractivity contribution in [1.29, 1.82) is 0 Å². The molecule has 2 aliphatic heterocycles. The fourth-order valence-electron chi connectivity index (χ4n) is 4.99. The van der Waals surface area contributed by atoms with Crippen molar-refractivity contribution in [3.05, 3.63) is 12.2 Å². The molecular weight excluding hydrogens is 378 g/mol. The molecule has 4 atom stereocenters. The number of hydroxylamine groups is 1. The minimum Gasteiger partial charge on any atom is -0.381 e. The summed E-state index contributed by atoms with van der Waals surface area (Å²) >= 11 is 0. The fourth-order valence-corrected chi connectivity index (χ4v) is 4.99. The molecule has 2 bridgehead atoms. The van der Waals surface area contributed by atoms with Crippen molar-refractivity contribution in [2.75, 3.05) is 13.2 Å². The van der Waals surface area contributed by atoms with Gasteiger partial charge in [0.2, 0.25) is 5.91 Å². The minimum absolute atomic E-state index is 0.317. The second kappa shape index (κ2) is 13.5. The summed E-state index contributed by atoms with van der Waals surface area (Å²) in [5.41, 5.74) is 1.22. The third-order valence-corrected chi connectivity index (χ3v) is 7.04. The molecule has 174 valence electrons. The number of fused-ring (bicyclic) bond motifs is 2. The molecule has 30 heavy (non-hydrogen) atoms. The zero-order valence-corrected chi connectivity index (χ0v) is 19.5. The van der Waals surface area contributed by atoms with Crippen molar-refractivity contribution < 1.29 is 19.5 Å². The smallest absolute Gasteiger partial charge is 0.248 e. The molecule has 0 spiro atoms. The molecule has 5 heteroatoms. The summed E-state index contributed by atoms with van der Waals surface area (Å²) in [4.78, 5) is 11.7. The first-order valence-corrected chi connectivity index (χ1v) is 12.3. The second-order valence-corrected chi connectivity index (χ2v) is 9.86. The van der Waals surface area contributed by atoms with Crippen LogP contribution in [0.3, 0.4) is 0 Å². The lowest BCUT2D eigenvalue weighted by atomic mass is 9.75. The van der Waals surface area contributed by atoms with Gasteiger partial charge in [0.1, 0.15) is 0 Å². The van der Waals surface area contributed by atoms with Gasteiger partial charge < -0.3 is 9.47 Å². The van der Waals surface area contributed by atoms with Gasteiger partial charge >= 0.3 is 0 Å². The minimum atomic E-state index is -0.546. The van der Waals surface area contributed by atoms with Gasteiger partial charge in [-0.15, -0.1) is 0 Å². The quantitative estimate of drug-likeness (QED) is 0.142. The van der Waals surface area contributed by atoms with Crippen LogP contribution in [0, 0.1) is 17.3 Å². The third-order valence-electron chi connectivity index (χ3n) is 7.04. The number of hydrogen-bond acceptors (Lipinski definition) is 4. The average Bonchev–Trinajstić information content (AvgIpc) is 3.33. The van der Waals surface area contributed by atoms with Crippen LogP contribution >= 0.6 is 0 Å². The molecule has 2 fully saturated rings. The van der Waals surface area contributed by atoms with Crippen LogP contribution in [-0.4, -0.2) is 36.5 Å². The summed E-state index contributed by atoms with van der Waals surface area (Å²) in [5.74, 6) is 1.01. The summed E-state index contributed by atoms with van der Waals surface area (Å²) in [6.07, 6.45) is 19.2. The lowest BCUT2D eigenvalue weighted by Crippen LogP contribution is -2.34. The predicted molar refractivity (Wildman–Crippen MR) is 120 cm³/mol. The van der Waals surface area contributed by atoms with Gasteiger partial charge in [0.25, 0.3) is 0 Å². The van der Waals surface area contributed by atoms with Crippen LogP contribution < -0.4 is 5.48 Å². The molecule has 0 aromatic heterocycles. The molecule has 2 heterocycles. The van der Waals surface area contributed by atoms with Gasteiger partial charge in [-0.25, -0.2) is 5.48 Å². The number of allylic oxidation sites excluding steroid dienone is 2. The van der Waals surface area contributed by atoms with E-state index in [4.69, 9.17) is 14.7 Å². The van der Waals surface area contributed by atoms with E-state index in [0.717, 1.165) is 38.9 Å². The Morgan fingerprint density at radius 3 is 2.47 bits per heavy atom. The third kappa shape index (κ3) is 7.97. The van der Waals surface area contributed by atoms with Crippen LogP contribution in [0.25, 0.3) is 0 Å². The molecule has 2 rings (SSSR count). The maximum Gasteiger partial charge on any atom is 0.248 e. The Hall–Kier alpha value is -0.910. The van der Waals surface area contributed by atoms with E-state index in [1.807, 2.05) is 13.8 Å². The van der Waals surface area contributed by atoms with Gasteiger partial charge in [0.15, 0.2) is 0 Å². The van der Waals surface area contributed by atoms with Crippen molar-refractivity contribution >= 4 is 5.91 Å². The molecule has 5 nitrogen and oxygen atoms in total. The first-order chi connectivity index (χ1) is 14.5. The summed E-state index contributed by atoms with van der Waals surface area (Å²) < 4.78 is 12.0. The van der Waals surface area contributed by atoms with Gasteiger partial charge in [0, 0.05) is 18.6 Å². The Morgan fingerprint density at radius 2 is 1.77 bits per heavy atom. The van der Waals surface area contributed by atoms with Crippen LogP contribution in [-0.2, 0) is 14.3 Å². The van der Waals surface area contributed by atoms with Gasteiger partial charge in [-0.05, 0) is 63.2 Å². The summed E-state index contributed by atoms with van der Waals surface area (Å²) in [5, 5.41) is 8.83. The number of rotatable bonds is 16. The lowest BCUT2D eigenvalue weighted by Gasteiger charge is -2.27. The summed E-state index contributed by atoms with van der Waals surface area (Å²) in [7, 11) is 0. The molecule has 0 unspecified atom stereocenters. The lowest BCUT2D eigenvalue weighted by molar-refractivity contribution is -0.138. The van der Waals surface area contributed by atoms with Crippen molar-refractivity contribution in [3.63, 3.8) is 0 Å². The highest BCUT2D eigenvalue weighted by Crippen LogP contribution is 2.47. The van der Waals surface area contributed by atoms with Gasteiger partial charge in [-0.1, -0.05) is 58.6 Å². The van der Waals surface area contributed by atoms with E-state index in [-0.39, 0.29) is 5.91 Å². The molecule has 0 aromatic carbocycles. The predicted octanol–water partition coefficient (Wildman–Crippen LogP) is 5.81. The first-order valence-electron chi connectivity index (χ1n) is 12.3. The maximum atomic E-state index is 11.7. The van der Waals surface area contributed by atoms with E-state index >= 15 is 0 Å². The molecule has 2 aliphatic rings. The number of carbonyl (C=O) groups is 1. The number of ether oxygens (including phenoxy) is 2.